The standard InChI is InChI=1S/C26H26N4O7S2/c1-35-21-8-3-17(13-22(21)36-2)20-15-38-25-24(20)26(32)29(16-27-25)14-23(31)28-18-4-6-19(7-5-18)39(33,34)30-9-11-37-12-10-30/h3-8,13,15-16H,9-12,14H2,1-2H3,(H,28,31). The summed E-state index contributed by atoms with van der Waals surface area (Å²) in [5.41, 5.74) is 1.49. The topological polar surface area (TPSA) is 129 Å². The molecule has 1 fully saturated rings. The van der Waals surface area contributed by atoms with Crippen LogP contribution in [0, 0.1) is 0 Å². The molecule has 2 aromatic heterocycles. The number of sulfonamides is 1. The Morgan fingerprint density at radius 1 is 1.08 bits per heavy atom. The maximum atomic E-state index is 13.4. The van der Waals surface area contributed by atoms with E-state index < -0.39 is 15.9 Å². The van der Waals surface area contributed by atoms with Crippen molar-refractivity contribution >= 4 is 43.2 Å². The van der Waals surface area contributed by atoms with E-state index in [-0.39, 0.29) is 17.0 Å². The van der Waals surface area contributed by atoms with Crippen LogP contribution in [0.5, 0.6) is 11.5 Å². The molecule has 2 aromatic carbocycles. The summed E-state index contributed by atoms with van der Waals surface area (Å²) in [6.07, 6.45) is 1.34. The first-order valence-electron chi connectivity index (χ1n) is 12.0. The van der Waals surface area contributed by atoms with Gasteiger partial charge in [0.2, 0.25) is 15.9 Å². The lowest BCUT2D eigenvalue weighted by Gasteiger charge is -2.26. The molecule has 39 heavy (non-hydrogen) atoms. The molecule has 1 N–H and O–H groups in total. The van der Waals surface area contributed by atoms with Crippen LogP contribution < -0.4 is 20.3 Å². The number of carbonyl (C=O) groups excluding carboxylic acids is 1. The number of carbonyl (C=O) groups is 1. The van der Waals surface area contributed by atoms with E-state index in [0.29, 0.717) is 59.3 Å². The molecule has 1 aliphatic heterocycles. The minimum atomic E-state index is -3.64. The number of nitrogens with one attached hydrogen (secondary N) is 1. The highest BCUT2D eigenvalue weighted by molar-refractivity contribution is 7.89. The van der Waals surface area contributed by atoms with Gasteiger partial charge >= 0.3 is 0 Å². The summed E-state index contributed by atoms with van der Waals surface area (Å²) in [4.78, 5) is 31.2. The third kappa shape index (κ3) is 5.39. The number of amides is 1. The van der Waals surface area contributed by atoms with Gasteiger partial charge in [-0.2, -0.15) is 4.31 Å². The number of anilines is 1. The van der Waals surface area contributed by atoms with Crippen LogP contribution in [0.1, 0.15) is 0 Å². The summed E-state index contributed by atoms with van der Waals surface area (Å²) in [6, 6.07) is 11.3. The Kier molecular flexibility index (Phi) is 7.66. The molecule has 0 radical (unpaired) electrons. The van der Waals surface area contributed by atoms with Gasteiger partial charge in [0, 0.05) is 29.7 Å². The lowest BCUT2D eigenvalue weighted by Crippen LogP contribution is -2.40. The summed E-state index contributed by atoms with van der Waals surface area (Å²) < 4.78 is 44.2. The monoisotopic (exact) mass is 570 g/mol. The molecule has 13 heteroatoms. The molecule has 1 amide bonds. The molecular formula is C26H26N4O7S2. The molecule has 11 nitrogen and oxygen atoms in total. The molecule has 0 saturated carbocycles. The van der Waals surface area contributed by atoms with E-state index in [2.05, 4.69) is 10.3 Å². The quantitative estimate of drug-likeness (QED) is 0.343. The maximum Gasteiger partial charge on any atom is 0.263 e. The number of morpholine rings is 1. The summed E-state index contributed by atoms with van der Waals surface area (Å²) in [5, 5.41) is 4.96. The molecule has 5 rings (SSSR count). The van der Waals surface area contributed by atoms with E-state index in [1.54, 1.807) is 19.2 Å². The Morgan fingerprint density at radius 2 is 1.79 bits per heavy atom. The Morgan fingerprint density at radius 3 is 2.49 bits per heavy atom. The van der Waals surface area contributed by atoms with Crippen molar-refractivity contribution in [1.29, 1.82) is 0 Å². The van der Waals surface area contributed by atoms with Crippen molar-refractivity contribution in [2.24, 2.45) is 0 Å². The second-order valence-electron chi connectivity index (χ2n) is 8.67. The zero-order valence-electron chi connectivity index (χ0n) is 21.2. The SMILES string of the molecule is COc1ccc(-c2csc3ncn(CC(=O)Nc4ccc(S(=O)(=O)N5CCOCC5)cc4)c(=O)c23)cc1OC. The number of nitrogens with zero attached hydrogens (tertiary/aromatic N) is 3. The molecule has 0 unspecified atom stereocenters. The number of hydrogen-bond acceptors (Lipinski definition) is 9. The zero-order valence-corrected chi connectivity index (χ0v) is 22.9. The van der Waals surface area contributed by atoms with Gasteiger partial charge in [0.05, 0.1) is 44.0 Å². The molecule has 4 aromatic rings. The third-order valence-electron chi connectivity index (χ3n) is 6.32. The van der Waals surface area contributed by atoms with Gasteiger partial charge in [0.15, 0.2) is 11.5 Å². The van der Waals surface area contributed by atoms with E-state index in [9.17, 15) is 18.0 Å². The van der Waals surface area contributed by atoms with Crippen molar-refractivity contribution in [3.05, 3.63) is 64.5 Å². The first-order valence-corrected chi connectivity index (χ1v) is 14.3. The number of ether oxygens (including phenoxy) is 3. The Bertz CT molecular complexity index is 1670. The van der Waals surface area contributed by atoms with Gasteiger partial charge in [-0.1, -0.05) is 6.07 Å². The zero-order chi connectivity index (χ0) is 27.6. The molecule has 0 atom stereocenters. The summed E-state index contributed by atoms with van der Waals surface area (Å²) >= 11 is 1.33. The minimum Gasteiger partial charge on any atom is -0.493 e. The van der Waals surface area contributed by atoms with E-state index in [4.69, 9.17) is 14.2 Å². The predicted octanol–water partition coefficient (Wildman–Crippen LogP) is 2.80. The van der Waals surface area contributed by atoms with Crippen molar-refractivity contribution in [2.75, 3.05) is 45.8 Å². The molecule has 1 aliphatic rings. The number of benzene rings is 2. The predicted molar refractivity (Wildman–Crippen MR) is 147 cm³/mol. The average Bonchev–Trinajstić information content (AvgIpc) is 3.40. The van der Waals surface area contributed by atoms with Gasteiger partial charge in [-0.3, -0.25) is 14.2 Å². The van der Waals surface area contributed by atoms with Gasteiger partial charge in [0.25, 0.3) is 5.56 Å². The van der Waals surface area contributed by atoms with Crippen molar-refractivity contribution in [1.82, 2.24) is 13.9 Å². The number of aromatic nitrogens is 2. The van der Waals surface area contributed by atoms with Crippen molar-refractivity contribution in [3.8, 4) is 22.6 Å². The van der Waals surface area contributed by atoms with E-state index in [1.807, 2.05) is 11.4 Å². The van der Waals surface area contributed by atoms with Crippen LogP contribution >= 0.6 is 11.3 Å². The highest BCUT2D eigenvalue weighted by Crippen LogP contribution is 2.36. The number of methoxy groups -OCH3 is 2. The van der Waals surface area contributed by atoms with Crippen LogP contribution in [-0.4, -0.2) is 68.7 Å². The van der Waals surface area contributed by atoms with Crippen molar-refractivity contribution < 1.29 is 27.4 Å². The Hall–Kier alpha value is -3.78. The minimum absolute atomic E-state index is 0.133. The largest absolute Gasteiger partial charge is 0.493 e. The molecule has 0 bridgehead atoms. The van der Waals surface area contributed by atoms with E-state index in [0.717, 1.165) is 5.56 Å². The number of hydrogen-bond donors (Lipinski definition) is 1. The maximum absolute atomic E-state index is 13.4. The summed E-state index contributed by atoms with van der Waals surface area (Å²) in [5.74, 6) is 0.645. The summed E-state index contributed by atoms with van der Waals surface area (Å²) in [7, 11) is -0.552. The summed E-state index contributed by atoms with van der Waals surface area (Å²) in [6.45, 7) is 1.04. The van der Waals surface area contributed by atoms with Gasteiger partial charge in [-0.15, -0.1) is 11.3 Å². The highest BCUT2D eigenvalue weighted by Gasteiger charge is 2.26. The number of fused-ring (bicyclic) bond motifs is 1. The van der Waals surface area contributed by atoms with Gasteiger partial charge in [-0.05, 0) is 42.0 Å². The molecular weight excluding hydrogens is 544 g/mol. The molecule has 1 saturated heterocycles. The smallest absolute Gasteiger partial charge is 0.263 e. The van der Waals surface area contributed by atoms with Crippen LogP contribution in [0.3, 0.4) is 0 Å². The van der Waals surface area contributed by atoms with Gasteiger partial charge in [0.1, 0.15) is 11.4 Å². The fourth-order valence-corrected chi connectivity index (χ4v) is 6.61. The third-order valence-corrected chi connectivity index (χ3v) is 9.11. The van der Waals surface area contributed by atoms with E-state index in [1.165, 1.54) is 57.9 Å². The lowest BCUT2D eigenvalue weighted by atomic mass is 10.1. The normalized spacial score (nSPS) is 14.3. The molecule has 0 spiro atoms. The van der Waals surface area contributed by atoms with Crippen LogP contribution in [-0.2, 0) is 26.1 Å². The fraction of sp³-hybridized carbons (Fsp3) is 0.269. The van der Waals surface area contributed by atoms with Crippen LogP contribution in [0.15, 0.2) is 63.9 Å². The van der Waals surface area contributed by atoms with Crippen LogP contribution in [0.2, 0.25) is 0 Å². The molecule has 3 heterocycles. The average molecular weight is 571 g/mol. The second kappa shape index (κ2) is 11.1. The molecule has 0 aliphatic carbocycles. The Labute approximate surface area is 228 Å². The first-order chi connectivity index (χ1) is 18.8. The second-order valence-corrected chi connectivity index (χ2v) is 11.5. The van der Waals surface area contributed by atoms with Crippen LogP contribution in [0.4, 0.5) is 5.69 Å². The number of thiophene rings is 1. The Balaban J connectivity index is 1.34. The van der Waals surface area contributed by atoms with Gasteiger partial charge < -0.3 is 19.5 Å². The number of rotatable bonds is 8. The fourth-order valence-electron chi connectivity index (χ4n) is 4.30. The first kappa shape index (κ1) is 26.8. The van der Waals surface area contributed by atoms with Crippen LogP contribution in [0.25, 0.3) is 21.3 Å². The van der Waals surface area contributed by atoms with E-state index >= 15 is 0 Å². The highest BCUT2D eigenvalue weighted by atomic mass is 32.2. The lowest BCUT2D eigenvalue weighted by molar-refractivity contribution is -0.116. The molecule has 204 valence electrons. The van der Waals surface area contributed by atoms with Crippen molar-refractivity contribution in [2.45, 2.75) is 11.4 Å². The van der Waals surface area contributed by atoms with Crippen molar-refractivity contribution in [3.63, 3.8) is 0 Å². The van der Waals surface area contributed by atoms with Gasteiger partial charge in [-0.25, -0.2) is 13.4 Å².